The summed E-state index contributed by atoms with van der Waals surface area (Å²) >= 11 is 0. The van der Waals surface area contributed by atoms with E-state index in [1.54, 1.807) is 0 Å². The van der Waals surface area contributed by atoms with Crippen LogP contribution in [-0.4, -0.2) is 22.4 Å². The predicted molar refractivity (Wildman–Crippen MR) is 65.2 cm³/mol. The highest BCUT2D eigenvalue weighted by molar-refractivity contribution is 5.99. The van der Waals surface area contributed by atoms with Crippen molar-refractivity contribution in [1.29, 1.82) is 0 Å². The number of hydrogen-bond acceptors (Lipinski definition) is 4. The van der Waals surface area contributed by atoms with Gasteiger partial charge in [-0.05, 0) is 17.5 Å². The topological polar surface area (TPSA) is 52.1 Å². The molecular formula is C14H12N2O2. The molecule has 0 saturated heterocycles. The average molecular weight is 240 g/mol. The van der Waals surface area contributed by atoms with Crippen molar-refractivity contribution in [1.82, 2.24) is 9.97 Å². The van der Waals surface area contributed by atoms with E-state index in [0.717, 1.165) is 12.0 Å². The fourth-order valence-electron chi connectivity index (χ4n) is 2.19. The number of Topliss-reactive ketones (excluding diaryl/α,β-unsaturated/α-hetero) is 1. The quantitative estimate of drug-likeness (QED) is 0.753. The molecule has 90 valence electrons. The fraction of sp³-hybridized carbons (Fsp3) is 0.214. The maximum Gasteiger partial charge on any atom is 0.199 e. The average Bonchev–Trinajstić information content (AvgIpc) is 2.47. The summed E-state index contributed by atoms with van der Waals surface area (Å²) in [5.41, 5.74) is 2.62. The van der Waals surface area contributed by atoms with Crippen LogP contribution in [0.1, 0.15) is 27.6 Å². The van der Waals surface area contributed by atoms with Crippen LogP contribution in [0, 0.1) is 0 Å². The van der Waals surface area contributed by atoms with Gasteiger partial charge < -0.3 is 4.74 Å². The molecule has 0 fully saturated rings. The Morgan fingerprint density at radius 2 is 2.00 bits per heavy atom. The van der Waals surface area contributed by atoms with Gasteiger partial charge in [-0.3, -0.25) is 4.79 Å². The first-order valence-corrected chi connectivity index (χ1v) is 5.85. The molecule has 1 atom stereocenters. The van der Waals surface area contributed by atoms with Gasteiger partial charge >= 0.3 is 0 Å². The van der Waals surface area contributed by atoms with Gasteiger partial charge in [0.2, 0.25) is 0 Å². The lowest BCUT2D eigenvalue weighted by atomic mass is 9.93. The van der Waals surface area contributed by atoms with Gasteiger partial charge in [0.25, 0.3) is 0 Å². The molecule has 0 aliphatic carbocycles. The third kappa shape index (κ3) is 1.91. The summed E-state index contributed by atoms with van der Waals surface area (Å²) in [5, 5.41) is 0. The van der Waals surface area contributed by atoms with Crippen LogP contribution >= 0.6 is 0 Å². The van der Waals surface area contributed by atoms with Crippen molar-refractivity contribution in [2.45, 2.75) is 12.5 Å². The Bertz CT molecular complexity index is 569. The van der Waals surface area contributed by atoms with Gasteiger partial charge in [0, 0.05) is 12.4 Å². The maximum atomic E-state index is 12.4. The zero-order valence-electron chi connectivity index (χ0n) is 9.74. The summed E-state index contributed by atoms with van der Waals surface area (Å²) in [6, 6.07) is 7.90. The Kier molecular flexibility index (Phi) is 2.86. The van der Waals surface area contributed by atoms with Gasteiger partial charge in [0.15, 0.2) is 5.78 Å². The summed E-state index contributed by atoms with van der Waals surface area (Å²) in [6.07, 6.45) is 4.78. The molecule has 0 radical (unpaired) electrons. The molecule has 1 aliphatic heterocycles. The summed E-state index contributed by atoms with van der Waals surface area (Å²) in [7, 11) is 0. The largest absolute Gasteiger partial charge is 0.365 e. The van der Waals surface area contributed by atoms with Crippen molar-refractivity contribution >= 4 is 5.78 Å². The van der Waals surface area contributed by atoms with Crippen LogP contribution in [-0.2, 0) is 11.2 Å². The fourth-order valence-corrected chi connectivity index (χ4v) is 2.19. The van der Waals surface area contributed by atoms with E-state index in [2.05, 4.69) is 9.97 Å². The number of ether oxygens (including phenoxy) is 1. The Morgan fingerprint density at radius 3 is 2.83 bits per heavy atom. The number of carbonyl (C=O) groups excluding carboxylic acids is 1. The second kappa shape index (κ2) is 4.66. The van der Waals surface area contributed by atoms with E-state index in [1.165, 1.54) is 24.3 Å². The minimum Gasteiger partial charge on any atom is -0.365 e. The number of nitrogens with zero attached hydrogens (tertiary/aromatic N) is 2. The molecule has 0 saturated carbocycles. The summed E-state index contributed by atoms with van der Waals surface area (Å²) in [4.78, 5) is 20.1. The van der Waals surface area contributed by atoms with Gasteiger partial charge in [-0.2, -0.15) is 0 Å². The van der Waals surface area contributed by atoms with Crippen LogP contribution in [0.2, 0.25) is 0 Å². The van der Waals surface area contributed by atoms with E-state index in [0.29, 0.717) is 12.2 Å². The second-order valence-electron chi connectivity index (χ2n) is 4.19. The zero-order valence-corrected chi connectivity index (χ0v) is 9.74. The first kappa shape index (κ1) is 11.0. The number of ketones is 1. The minimum absolute atomic E-state index is 0.0808. The molecule has 0 spiro atoms. The minimum atomic E-state index is -0.527. The van der Waals surface area contributed by atoms with Crippen LogP contribution in [0.3, 0.4) is 0 Å². The monoisotopic (exact) mass is 240 g/mol. The molecule has 18 heavy (non-hydrogen) atoms. The second-order valence-corrected chi connectivity index (χ2v) is 4.19. The van der Waals surface area contributed by atoms with Crippen LogP contribution in [0.5, 0.6) is 0 Å². The number of carbonyl (C=O) groups is 1. The number of benzene rings is 1. The molecule has 4 heteroatoms. The third-order valence-corrected chi connectivity index (χ3v) is 3.08. The van der Waals surface area contributed by atoms with Crippen LogP contribution in [0.4, 0.5) is 0 Å². The molecule has 4 nitrogen and oxygen atoms in total. The Hall–Kier alpha value is -2.07. The molecular weight excluding hydrogens is 228 g/mol. The molecule has 2 aromatic rings. The lowest BCUT2D eigenvalue weighted by Crippen LogP contribution is -2.23. The number of rotatable bonds is 2. The smallest absolute Gasteiger partial charge is 0.199 e. The lowest BCUT2D eigenvalue weighted by molar-refractivity contribution is 0.0348. The molecule has 2 heterocycles. The van der Waals surface area contributed by atoms with Crippen LogP contribution in [0.25, 0.3) is 0 Å². The first-order chi connectivity index (χ1) is 8.86. The Morgan fingerprint density at radius 1 is 1.22 bits per heavy atom. The van der Waals surface area contributed by atoms with E-state index < -0.39 is 6.10 Å². The molecule has 0 amide bonds. The summed E-state index contributed by atoms with van der Waals surface area (Å²) < 4.78 is 5.62. The molecule has 0 bridgehead atoms. The van der Waals surface area contributed by atoms with Gasteiger partial charge in [-0.15, -0.1) is 0 Å². The van der Waals surface area contributed by atoms with Crippen molar-refractivity contribution < 1.29 is 9.53 Å². The highest BCUT2D eigenvalue weighted by Crippen LogP contribution is 2.29. The van der Waals surface area contributed by atoms with E-state index >= 15 is 0 Å². The maximum absolute atomic E-state index is 12.4. The Labute approximate surface area is 105 Å². The predicted octanol–water partition coefficient (Wildman–Crippen LogP) is 1.97. The van der Waals surface area contributed by atoms with E-state index in [9.17, 15) is 4.79 Å². The Balaban J connectivity index is 1.97. The third-order valence-electron chi connectivity index (χ3n) is 3.08. The van der Waals surface area contributed by atoms with Crippen molar-refractivity contribution in [3.05, 3.63) is 59.7 Å². The molecule has 3 rings (SSSR count). The van der Waals surface area contributed by atoms with E-state index in [-0.39, 0.29) is 5.78 Å². The molecule has 1 aromatic heterocycles. The summed E-state index contributed by atoms with van der Waals surface area (Å²) in [5.74, 6) is -0.0808. The van der Waals surface area contributed by atoms with Crippen LogP contribution < -0.4 is 0 Å². The van der Waals surface area contributed by atoms with Crippen LogP contribution in [0.15, 0.2) is 43.0 Å². The lowest BCUT2D eigenvalue weighted by Gasteiger charge is -2.24. The van der Waals surface area contributed by atoms with Gasteiger partial charge in [0.05, 0.1) is 12.2 Å². The number of hydrogen-bond donors (Lipinski definition) is 0. The van der Waals surface area contributed by atoms with Crippen molar-refractivity contribution in [3.63, 3.8) is 0 Å². The highest BCUT2D eigenvalue weighted by atomic mass is 16.5. The van der Waals surface area contributed by atoms with Gasteiger partial charge in [-0.1, -0.05) is 24.3 Å². The molecule has 0 N–H and O–H groups in total. The van der Waals surface area contributed by atoms with Crippen molar-refractivity contribution in [3.8, 4) is 0 Å². The number of aromatic nitrogens is 2. The van der Waals surface area contributed by atoms with E-state index in [1.807, 2.05) is 24.3 Å². The van der Waals surface area contributed by atoms with Crippen molar-refractivity contribution in [2.24, 2.45) is 0 Å². The SMILES string of the molecule is O=C(c1cncnc1)C1OCCc2ccccc21. The van der Waals surface area contributed by atoms with Gasteiger partial charge in [-0.25, -0.2) is 9.97 Å². The van der Waals surface area contributed by atoms with Gasteiger partial charge in [0.1, 0.15) is 12.4 Å². The standard InChI is InChI=1S/C14H12N2O2/c17-13(11-7-15-9-16-8-11)14-12-4-2-1-3-10(12)5-6-18-14/h1-4,7-9,14H,5-6H2. The number of fused-ring (bicyclic) bond motifs is 1. The zero-order chi connectivity index (χ0) is 12.4. The molecule has 1 unspecified atom stereocenters. The normalized spacial score (nSPS) is 18.1. The van der Waals surface area contributed by atoms with E-state index in [4.69, 9.17) is 4.74 Å². The van der Waals surface area contributed by atoms with Crippen molar-refractivity contribution in [2.75, 3.05) is 6.61 Å². The first-order valence-electron chi connectivity index (χ1n) is 5.85. The molecule has 1 aromatic carbocycles. The highest BCUT2D eigenvalue weighted by Gasteiger charge is 2.28. The molecule has 1 aliphatic rings. The summed E-state index contributed by atoms with van der Waals surface area (Å²) in [6.45, 7) is 0.571.